The Morgan fingerprint density at radius 3 is 2.14 bits per heavy atom. The topological polar surface area (TPSA) is 197 Å². The molecule has 0 fully saturated rings. The molecule has 0 spiro atoms. The van der Waals surface area contributed by atoms with Gasteiger partial charge in [0.15, 0.2) is 0 Å². The van der Waals surface area contributed by atoms with E-state index < -0.39 is 54.0 Å². The second-order valence-electron chi connectivity index (χ2n) is 8.55. The number of carbonyl (C=O) groups is 4. The van der Waals surface area contributed by atoms with Crippen LogP contribution in [0.2, 0.25) is 0 Å². The van der Waals surface area contributed by atoms with Gasteiger partial charge >= 0.3 is 5.97 Å². The molecule has 202 valence electrons. The number of hydrogen-bond donors (Lipinski definition) is 7. The first-order valence-electron chi connectivity index (χ1n) is 11.9. The zero-order chi connectivity index (χ0) is 27.1. The number of carboxylic acid groups (broad SMARTS) is 1. The Labute approximate surface area is 216 Å². The predicted octanol–water partition coefficient (Wildman–Crippen LogP) is -0.642. The van der Waals surface area contributed by atoms with Gasteiger partial charge in [0.05, 0.1) is 12.1 Å². The van der Waals surface area contributed by atoms with Crippen molar-refractivity contribution in [3.63, 3.8) is 0 Å². The Morgan fingerprint density at radius 2 is 1.58 bits per heavy atom. The number of aliphatic carboxylic acids is 1. The Morgan fingerprint density at radius 1 is 0.944 bits per heavy atom. The fourth-order valence-corrected chi connectivity index (χ4v) is 3.86. The van der Waals surface area contributed by atoms with Crippen molar-refractivity contribution in [3.8, 4) is 0 Å². The van der Waals surface area contributed by atoms with Crippen LogP contribution in [0.5, 0.6) is 0 Å². The molecule has 9 N–H and O–H groups in total. The lowest BCUT2D eigenvalue weighted by molar-refractivity contribution is -0.142. The number of carboxylic acids is 1. The molecular formula is C24H39N5O6S. The Balaban J connectivity index is 3.01. The molecule has 0 radical (unpaired) electrons. The third kappa shape index (κ3) is 11.4. The van der Waals surface area contributed by atoms with E-state index in [2.05, 4.69) is 16.0 Å². The van der Waals surface area contributed by atoms with Gasteiger partial charge in [-0.05, 0) is 50.3 Å². The first kappa shape index (κ1) is 31.4. The average molecular weight is 526 g/mol. The summed E-state index contributed by atoms with van der Waals surface area (Å²) < 4.78 is 0. The maximum absolute atomic E-state index is 13.1. The number of unbranched alkanes of at least 4 members (excludes halogenated alkanes) is 1. The molecule has 0 saturated heterocycles. The highest BCUT2D eigenvalue weighted by atomic mass is 32.2. The number of carbonyl (C=O) groups excluding carboxylic acids is 3. The summed E-state index contributed by atoms with van der Waals surface area (Å²) >= 11 is 1.45. The largest absolute Gasteiger partial charge is 0.480 e. The molecule has 3 amide bonds. The van der Waals surface area contributed by atoms with Gasteiger partial charge in [0.25, 0.3) is 0 Å². The molecule has 1 aromatic carbocycles. The van der Waals surface area contributed by atoms with Crippen molar-refractivity contribution in [2.24, 2.45) is 11.5 Å². The molecule has 0 bridgehead atoms. The van der Waals surface area contributed by atoms with E-state index in [9.17, 15) is 29.4 Å². The van der Waals surface area contributed by atoms with Crippen LogP contribution in [0.25, 0.3) is 0 Å². The molecule has 5 unspecified atom stereocenters. The highest BCUT2D eigenvalue weighted by Gasteiger charge is 2.32. The van der Waals surface area contributed by atoms with Crippen molar-refractivity contribution in [1.82, 2.24) is 16.0 Å². The first-order valence-corrected chi connectivity index (χ1v) is 13.3. The number of benzene rings is 1. The molecule has 0 aliphatic rings. The SMILES string of the molecule is CSCCC(NC(=O)C(Cc1ccccc1)NC(=O)C(NC(=O)C(N)CCCCN)C(C)O)C(=O)O. The fourth-order valence-electron chi connectivity index (χ4n) is 3.39. The standard InChI is InChI=1S/C24H39N5O6S/c1-15(30)20(29-21(31)17(26)10-6-7-12-25)23(33)28-19(14-16-8-4-3-5-9-16)22(32)27-18(24(34)35)11-13-36-2/h3-5,8-9,15,17-20,30H,6-7,10-14,25-26H2,1-2H3,(H,27,32)(H,28,33)(H,29,31)(H,34,35). The van der Waals surface area contributed by atoms with Crippen molar-refractivity contribution in [2.75, 3.05) is 18.6 Å². The van der Waals surface area contributed by atoms with Crippen LogP contribution in [0.3, 0.4) is 0 Å². The summed E-state index contributed by atoms with van der Waals surface area (Å²) in [6, 6.07) is 4.36. The molecule has 1 rings (SSSR count). The summed E-state index contributed by atoms with van der Waals surface area (Å²) in [7, 11) is 0. The highest BCUT2D eigenvalue weighted by Crippen LogP contribution is 2.08. The minimum absolute atomic E-state index is 0.0758. The van der Waals surface area contributed by atoms with E-state index in [4.69, 9.17) is 11.5 Å². The van der Waals surface area contributed by atoms with Gasteiger partial charge in [-0.3, -0.25) is 14.4 Å². The van der Waals surface area contributed by atoms with Gasteiger partial charge in [-0.2, -0.15) is 11.8 Å². The second-order valence-corrected chi connectivity index (χ2v) is 9.54. The number of aliphatic hydroxyl groups excluding tert-OH is 1. The molecule has 11 nitrogen and oxygen atoms in total. The van der Waals surface area contributed by atoms with Crippen LogP contribution in [0.1, 0.15) is 38.2 Å². The van der Waals surface area contributed by atoms with Crippen LogP contribution in [0.15, 0.2) is 30.3 Å². The highest BCUT2D eigenvalue weighted by molar-refractivity contribution is 7.98. The molecule has 0 heterocycles. The summed E-state index contributed by atoms with van der Waals surface area (Å²) in [6.07, 6.45) is 2.54. The Bertz CT molecular complexity index is 842. The Hall–Kier alpha value is -2.67. The molecule has 0 aromatic heterocycles. The normalized spacial score (nSPS) is 15.1. The second kappa shape index (κ2) is 16.9. The number of thioether (sulfide) groups is 1. The van der Waals surface area contributed by atoms with Gasteiger partial charge in [0.1, 0.15) is 18.1 Å². The minimum atomic E-state index is -1.36. The molecule has 1 aromatic rings. The van der Waals surface area contributed by atoms with E-state index in [1.807, 2.05) is 6.26 Å². The van der Waals surface area contributed by atoms with E-state index >= 15 is 0 Å². The van der Waals surface area contributed by atoms with E-state index in [-0.39, 0.29) is 12.8 Å². The number of hydrogen-bond acceptors (Lipinski definition) is 8. The lowest BCUT2D eigenvalue weighted by Crippen LogP contribution is -2.60. The summed E-state index contributed by atoms with van der Waals surface area (Å²) in [5, 5.41) is 27.2. The zero-order valence-electron chi connectivity index (χ0n) is 20.8. The van der Waals surface area contributed by atoms with Gasteiger partial charge in [-0.15, -0.1) is 0 Å². The lowest BCUT2D eigenvalue weighted by atomic mass is 10.0. The number of nitrogens with one attached hydrogen (secondary N) is 3. The minimum Gasteiger partial charge on any atom is -0.480 e. The number of amides is 3. The smallest absolute Gasteiger partial charge is 0.326 e. The molecular weight excluding hydrogens is 486 g/mol. The van der Waals surface area contributed by atoms with E-state index in [0.717, 1.165) is 5.56 Å². The van der Waals surface area contributed by atoms with E-state index in [1.165, 1.54) is 18.7 Å². The van der Waals surface area contributed by atoms with Crippen molar-refractivity contribution in [2.45, 2.75) is 69.3 Å². The third-order valence-electron chi connectivity index (χ3n) is 5.51. The maximum atomic E-state index is 13.1. The number of rotatable bonds is 17. The van der Waals surface area contributed by atoms with Gasteiger partial charge in [0, 0.05) is 6.42 Å². The molecule has 0 saturated carbocycles. The molecule has 12 heteroatoms. The van der Waals surface area contributed by atoms with Gasteiger partial charge in [-0.1, -0.05) is 36.8 Å². The first-order chi connectivity index (χ1) is 17.1. The fraction of sp³-hybridized carbons (Fsp3) is 0.583. The Kier molecular flexibility index (Phi) is 14.7. The van der Waals surface area contributed by atoms with Crippen molar-refractivity contribution >= 4 is 35.5 Å². The van der Waals surface area contributed by atoms with Crippen LogP contribution >= 0.6 is 11.8 Å². The van der Waals surface area contributed by atoms with Crippen LogP contribution in [-0.2, 0) is 25.6 Å². The summed E-state index contributed by atoms with van der Waals surface area (Å²) in [4.78, 5) is 50.2. The van der Waals surface area contributed by atoms with E-state index in [1.54, 1.807) is 30.3 Å². The van der Waals surface area contributed by atoms with Crippen LogP contribution in [0, 0.1) is 0 Å². The number of aliphatic hydroxyl groups is 1. The zero-order valence-corrected chi connectivity index (χ0v) is 21.6. The van der Waals surface area contributed by atoms with Gasteiger partial charge in [0.2, 0.25) is 17.7 Å². The van der Waals surface area contributed by atoms with Crippen LogP contribution < -0.4 is 27.4 Å². The average Bonchev–Trinajstić information content (AvgIpc) is 2.84. The summed E-state index contributed by atoms with van der Waals surface area (Å²) in [6.45, 7) is 1.80. The maximum Gasteiger partial charge on any atom is 0.326 e. The van der Waals surface area contributed by atoms with Crippen molar-refractivity contribution in [3.05, 3.63) is 35.9 Å². The third-order valence-corrected chi connectivity index (χ3v) is 6.15. The van der Waals surface area contributed by atoms with Crippen molar-refractivity contribution in [1.29, 1.82) is 0 Å². The monoisotopic (exact) mass is 525 g/mol. The van der Waals surface area contributed by atoms with Gasteiger partial charge < -0.3 is 37.6 Å². The molecule has 0 aliphatic heterocycles. The molecule has 36 heavy (non-hydrogen) atoms. The number of nitrogens with two attached hydrogens (primary N) is 2. The van der Waals surface area contributed by atoms with E-state index in [0.29, 0.717) is 31.6 Å². The van der Waals surface area contributed by atoms with Crippen molar-refractivity contribution < 1.29 is 29.4 Å². The van der Waals surface area contributed by atoms with Crippen LogP contribution in [-0.4, -0.2) is 82.7 Å². The molecule has 0 aliphatic carbocycles. The quantitative estimate of drug-likeness (QED) is 0.129. The predicted molar refractivity (Wildman–Crippen MR) is 139 cm³/mol. The summed E-state index contributed by atoms with van der Waals surface area (Å²) in [5.41, 5.74) is 12.1. The summed E-state index contributed by atoms with van der Waals surface area (Å²) in [5.74, 6) is -2.75. The lowest BCUT2D eigenvalue weighted by Gasteiger charge is -2.26. The molecule has 5 atom stereocenters. The van der Waals surface area contributed by atoms with Gasteiger partial charge in [-0.25, -0.2) is 4.79 Å². The van der Waals surface area contributed by atoms with Crippen LogP contribution in [0.4, 0.5) is 0 Å².